The summed E-state index contributed by atoms with van der Waals surface area (Å²) in [6, 6.07) is 12.0. The molecule has 1 aliphatic heterocycles. The molecule has 0 radical (unpaired) electrons. The lowest BCUT2D eigenvalue weighted by molar-refractivity contribution is 0.602. The van der Waals surface area contributed by atoms with Gasteiger partial charge in [-0.2, -0.15) is 0 Å². The van der Waals surface area contributed by atoms with Crippen LogP contribution in [0.15, 0.2) is 36.4 Å². The second-order valence-corrected chi connectivity index (χ2v) is 5.32. The lowest BCUT2D eigenvalue weighted by Gasteiger charge is -1.81. The Labute approximate surface area is 79.5 Å². The molecule has 1 fully saturated rings. The largest absolute Gasteiger partial charge is 0.229 e. The first-order valence-electron chi connectivity index (χ1n) is 4.41. The molecular formula is C10H14O2S. The summed E-state index contributed by atoms with van der Waals surface area (Å²) in [6.07, 6.45) is 1.75. The highest BCUT2D eigenvalue weighted by atomic mass is 32.2. The molecule has 72 valence electrons. The fourth-order valence-corrected chi connectivity index (χ4v) is 2.62. The minimum absolute atomic E-state index is 0.424. The lowest BCUT2D eigenvalue weighted by Crippen LogP contribution is -1.98. The molecule has 0 aromatic heterocycles. The predicted octanol–water partition coefficient (Wildman–Crippen LogP) is 1.88. The van der Waals surface area contributed by atoms with E-state index in [0.717, 1.165) is 12.8 Å². The average molecular weight is 198 g/mol. The van der Waals surface area contributed by atoms with Crippen LogP contribution in [-0.2, 0) is 9.84 Å². The molecule has 0 unspecified atom stereocenters. The standard InChI is InChI=1S/C6H6.C4H8O2S/c1-2-4-6-5-3-1;5-7(6)3-1-2-4-7/h1-6H;1-4H2. The second kappa shape index (κ2) is 5.02. The van der Waals surface area contributed by atoms with Crippen LogP contribution < -0.4 is 0 Å². The topological polar surface area (TPSA) is 34.1 Å². The van der Waals surface area contributed by atoms with Crippen molar-refractivity contribution in [2.24, 2.45) is 0 Å². The van der Waals surface area contributed by atoms with Crippen LogP contribution in [0.4, 0.5) is 0 Å². The van der Waals surface area contributed by atoms with Crippen molar-refractivity contribution < 1.29 is 8.42 Å². The third kappa shape index (κ3) is 4.68. The highest BCUT2D eigenvalue weighted by Crippen LogP contribution is 2.08. The van der Waals surface area contributed by atoms with Crippen LogP contribution >= 0.6 is 0 Å². The van der Waals surface area contributed by atoms with Crippen LogP contribution in [0.25, 0.3) is 0 Å². The normalized spacial score (nSPS) is 18.8. The van der Waals surface area contributed by atoms with Crippen molar-refractivity contribution in [3.63, 3.8) is 0 Å². The van der Waals surface area contributed by atoms with Gasteiger partial charge in [-0.25, -0.2) is 8.42 Å². The van der Waals surface area contributed by atoms with Crippen LogP contribution in [0.5, 0.6) is 0 Å². The van der Waals surface area contributed by atoms with Crippen molar-refractivity contribution in [2.75, 3.05) is 11.5 Å². The molecule has 2 rings (SSSR count). The fraction of sp³-hybridized carbons (Fsp3) is 0.400. The smallest absolute Gasteiger partial charge is 0.150 e. The first-order chi connectivity index (χ1) is 6.21. The summed E-state index contributed by atoms with van der Waals surface area (Å²) >= 11 is 0. The molecule has 0 amide bonds. The summed E-state index contributed by atoms with van der Waals surface area (Å²) in [5.74, 6) is 0.847. The van der Waals surface area contributed by atoms with Crippen molar-refractivity contribution in [3.05, 3.63) is 36.4 Å². The third-order valence-electron chi connectivity index (χ3n) is 1.83. The van der Waals surface area contributed by atoms with Gasteiger partial charge in [0.15, 0.2) is 0 Å². The van der Waals surface area contributed by atoms with Crippen LogP contribution in [0.2, 0.25) is 0 Å². The molecule has 1 aromatic carbocycles. The molecule has 1 aromatic rings. The van der Waals surface area contributed by atoms with E-state index in [0.29, 0.717) is 11.5 Å². The number of hydrogen-bond acceptors (Lipinski definition) is 2. The molecule has 1 aliphatic rings. The summed E-state index contributed by atoms with van der Waals surface area (Å²) in [4.78, 5) is 0. The number of rotatable bonds is 0. The molecule has 0 atom stereocenters. The Balaban J connectivity index is 0.000000132. The van der Waals surface area contributed by atoms with Crippen LogP contribution in [0.3, 0.4) is 0 Å². The molecule has 0 aliphatic carbocycles. The summed E-state index contributed by atoms with van der Waals surface area (Å²) in [5.41, 5.74) is 0. The van der Waals surface area contributed by atoms with Crippen molar-refractivity contribution in [2.45, 2.75) is 12.8 Å². The van der Waals surface area contributed by atoms with E-state index in [2.05, 4.69) is 0 Å². The van der Waals surface area contributed by atoms with Gasteiger partial charge >= 0.3 is 0 Å². The van der Waals surface area contributed by atoms with E-state index in [1.54, 1.807) is 0 Å². The van der Waals surface area contributed by atoms with Crippen molar-refractivity contribution in [1.29, 1.82) is 0 Å². The number of sulfone groups is 1. The molecule has 1 saturated heterocycles. The van der Waals surface area contributed by atoms with Gasteiger partial charge in [-0.1, -0.05) is 36.4 Å². The van der Waals surface area contributed by atoms with Crippen LogP contribution in [-0.4, -0.2) is 19.9 Å². The summed E-state index contributed by atoms with van der Waals surface area (Å²) < 4.78 is 20.9. The summed E-state index contributed by atoms with van der Waals surface area (Å²) in [6.45, 7) is 0. The SMILES string of the molecule is O=S1(=O)CCCC1.c1ccccc1. The molecular weight excluding hydrogens is 184 g/mol. The number of hydrogen-bond donors (Lipinski definition) is 0. The Morgan fingerprint density at radius 1 is 0.692 bits per heavy atom. The van der Waals surface area contributed by atoms with E-state index in [9.17, 15) is 8.42 Å². The minimum atomic E-state index is -2.55. The Hall–Kier alpha value is -0.830. The Bertz CT molecular complexity index is 277. The maximum Gasteiger partial charge on any atom is 0.150 e. The van der Waals surface area contributed by atoms with Gasteiger partial charge in [-0.05, 0) is 12.8 Å². The van der Waals surface area contributed by atoms with Crippen molar-refractivity contribution in [1.82, 2.24) is 0 Å². The van der Waals surface area contributed by atoms with Crippen molar-refractivity contribution in [3.8, 4) is 0 Å². The summed E-state index contributed by atoms with van der Waals surface area (Å²) in [7, 11) is -2.55. The number of benzene rings is 1. The highest BCUT2D eigenvalue weighted by molar-refractivity contribution is 7.91. The van der Waals surface area contributed by atoms with Crippen molar-refractivity contribution >= 4 is 9.84 Å². The van der Waals surface area contributed by atoms with Gasteiger partial charge in [0.2, 0.25) is 0 Å². The van der Waals surface area contributed by atoms with Gasteiger partial charge in [0.1, 0.15) is 9.84 Å². The van der Waals surface area contributed by atoms with Gasteiger partial charge < -0.3 is 0 Å². The van der Waals surface area contributed by atoms with E-state index in [1.165, 1.54) is 0 Å². The quantitative estimate of drug-likeness (QED) is 0.638. The van der Waals surface area contributed by atoms with Gasteiger partial charge in [-0.15, -0.1) is 0 Å². The zero-order valence-corrected chi connectivity index (χ0v) is 8.33. The van der Waals surface area contributed by atoms with E-state index in [-0.39, 0.29) is 0 Å². The Morgan fingerprint density at radius 2 is 1.00 bits per heavy atom. The maximum absolute atomic E-state index is 10.4. The molecule has 1 heterocycles. The third-order valence-corrected chi connectivity index (χ3v) is 3.65. The predicted molar refractivity (Wildman–Crippen MR) is 54.3 cm³/mol. The maximum atomic E-state index is 10.4. The molecule has 0 bridgehead atoms. The monoisotopic (exact) mass is 198 g/mol. The Morgan fingerprint density at radius 3 is 1.15 bits per heavy atom. The van der Waals surface area contributed by atoms with Gasteiger partial charge in [-0.3, -0.25) is 0 Å². The fourth-order valence-electron chi connectivity index (χ4n) is 1.13. The first kappa shape index (κ1) is 10.3. The van der Waals surface area contributed by atoms with Gasteiger partial charge in [0.05, 0.1) is 11.5 Å². The minimum Gasteiger partial charge on any atom is -0.229 e. The van der Waals surface area contributed by atoms with Gasteiger partial charge in [0, 0.05) is 0 Å². The molecule has 0 saturated carbocycles. The Kier molecular flexibility index (Phi) is 3.96. The molecule has 3 heteroatoms. The average Bonchev–Trinajstić information content (AvgIpc) is 2.54. The molecule has 13 heavy (non-hydrogen) atoms. The van der Waals surface area contributed by atoms with E-state index >= 15 is 0 Å². The molecule has 0 spiro atoms. The van der Waals surface area contributed by atoms with Crippen LogP contribution in [0, 0.1) is 0 Å². The molecule has 0 N–H and O–H groups in total. The second-order valence-electron chi connectivity index (χ2n) is 3.01. The van der Waals surface area contributed by atoms with Gasteiger partial charge in [0.25, 0.3) is 0 Å². The lowest BCUT2D eigenvalue weighted by atomic mass is 10.4. The van der Waals surface area contributed by atoms with E-state index < -0.39 is 9.84 Å². The zero-order valence-electron chi connectivity index (χ0n) is 7.52. The van der Waals surface area contributed by atoms with E-state index in [1.807, 2.05) is 36.4 Å². The molecule has 2 nitrogen and oxygen atoms in total. The van der Waals surface area contributed by atoms with Crippen LogP contribution in [0.1, 0.15) is 12.8 Å². The first-order valence-corrected chi connectivity index (χ1v) is 6.23. The summed E-state index contributed by atoms with van der Waals surface area (Å²) in [5, 5.41) is 0. The zero-order chi connectivity index (χ0) is 9.57. The highest BCUT2D eigenvalue weighted by Gasteiger charge is 2.16. The van der Waals surface area contributed by atoms with E-state index in [4.69, 9.17) is 0 Å².